The molecule has 19 heteroatoms. The summed E-state index contributed by atoms with van der Waals surface area (Å²) in [5.41, 5.74) is -4.73. The van der Waals surface area contributed by atoms with E-state index in [1.54, 1.807) is 7.05 Å². The molecule has 2 aliphatic heterocycles. The van der Waals surface area contributed by atoms with Gasteiger partial charge in [0, 0.05) is 49.1 Å². The molecule has 0 bridgehead atoms. The summed E-state index contributed by atoms with van der Waals surface area (Å²) in [6, 6.07) is 19.4. The van der Waals surface area contributed by atoms with Crippen LogP contribution in [0.3, 0.4) is 0 Å². The Morgan fingerprint density at radius 2 is 1.41 bits per heavy atom. The van der Waals surface area contributed by atoms with E-state index in [4.69, 9.17) is 18.5 Å². The number of nitrogens with zero attached hydrogens (tertiary/aromatic N) is 3. The summed E-state index contributed by atoms with van der Waals surface area (Å²) in [6.07, 6.45) is 1.31. The van der Waals surface area contributed by atoms with Gasteiger partial charge in [-0.15, -0.1) is 11.3 Å². The number of alkyl halides is 2. The maximum absolute atomic E-state index is 16.4. The largest absolute Gasteiger partial charge is 0.438 e. The van der Waals surface area contributed by atoms with Gasteiger partial charge in [0.25, 0.3) is 5.91 Å². The van der Waals surface area contributed by atoms with Crippen LogP contribution in [-0.4, -0.2) is 97.2 Å². The third-order valence-corrected chi connectivity index (χ3v) is 14.4. The fourth-order valence-electron chi connectivity index (χ4n) is 7.53. The van der Waals surface area contributed by atoms with Gasteiger partial charge in [0.1, 0.15) is 12.1 Å². The van der Waals surface area contributed by atoms with Crippen molar-refractivity contribution in [1.29, 1.82) is 0 Å². The summed E-state index contributed by atoms with van der Waals surface area (Å²) < 4.78 is 66.9. The summed E-state index contributed by atoms with van der Waals surface area (Å²) in [4.78, 5) is 84.7. The third-order valence-electron chi connectivity index (χ3n) is 11.4. The van der Waals surface area contributed by atoms with Gasteiger partial charge < -0.3 is 29.5 Å². The number of fused-ring (bicyclic) bond motifs is 2. The number of hydrogen-bond acceptors (Lipinski definition) is 12. The zero-order chi connectivity index (χ0) is 48.4. The molecule has 15 nitrogen and oxygen atoms in total. The molecule has 66 heavy (non-hydrogen) atoms. The number of likely N-dealkylation sites (N-methyl/N-ethyl adjacent to an activating group) is 1. The fourth-order valence-corrected chi connectivity index (χ4v) is 9.71. The Hall–Kier alpha value is -5.55. The predicted molar refractivity (Wildman–Crippen MR) is 243 cm³/mol. The second-order valence-electron chi connectivity index (χ2n) is 18.3. The van der Waals surface area contributed by atoms with Crippen molar-refractivity contribution in [1.82, 2.24) is 15.1 Å². The van der Waals surface area contributed by atoms with E-state index in [9.17, 15) is 33.3 Å². The maximum Gasteiger partial charge on any atom is 0.410 e. The Labute approximate surface area is 386 Å². The Morgan fingerprint density at radius 3 is 1.98 bits per heavy atom. The van der Waals surface area contributed by atoms with Gasteiger partial charge in [0.15, 0.2) is 0 Å². The summed E-state index contributed by atoms with van der Waals surface area (Å²) >= 11 is 0.933. The summed E-state index contributed by atoms with van der Waals surface area (Å²) in [7, 11) is -3.98. The number of halogens is 2. The second-order valence-corrected chi connectivity index (χ2v) is 21.5. The molecule has 3 heterocycles. The Kier molecular flexibility index (Phi) is 14.9. The highest BCUT2D eigenvalue weighted by Gasteiger charge is 2.56. The standard InChI is InChI=1S/C47H55F2N4O11PS/c1-29(54)52-23-22-35-19-20-37(42(57)51(8)34-17-14-31(15-18-34)30-12-10-9-11-13-30)53(35)41(56)36(26-52)50-40(55)39-25-32-24-33(16-21-38(32)66-39)47(48,49)65(60,63-27-61-43(58)45(2,3)4)64-28-62-44(59)46(5,6)7/h9-18,21,24-25,35-37H,19-20,22-23,26-28H2,1-8H3,(H,50,55)/t35-,36?,37+/m1/s1. The van der Waals surface area contributed by atoms with Gasteiger partial charge in [-0.25, -0.2) is 0 Å². The number of nitrogens with one attached hydrogen (secondary N) is 1. The van der Waals surface area contributed by atoms with Crippen LogP contribution in [0.4, 0.5) is 14.5 Å². The van der Waals surface area contributed by atoms with Crippen molar-refractivity contribution >= 4 is 70.3 Å². The lowest BCUT2D eigenvalue weighted by Gasteiger charge is -2.39. The molecule has 3 aromatic carbocycles. The fraction of sp³-hybridized carbons (Fsp3) is 0.447. The lowest BCUT2D eigenvalue weighted by atomic mass is 9.98. The van der Waals surface area contributed by atoms with Gasteiger partial charge in [-0.1, -0.05) is 48.5 Å². The minimum Gasteiger partial charge on any atom is -0.438 e. The predicted octanol–water partition coefficient (Wildman–Crippen LogP) is 8.31. The highest BCUT2D eigenvalue weighted by Crippen LogP contribution is 2.67. The minimum absolute atomic E-state index is 0.0258. The van der Waals surface area contributed by atoms with Crippen LogP contribution in [0.25, 0.3) is 21.2 Å². The van der Waals surface area contributed by atoms with Crippen molar-refractivity contribution in [3.63, 3.8) is 0 Å². The number of hydrogen-bond donors (Lipinski definition) is 1. The molecule has 2 saturated heterocycles. The molecule has 4 amide bonds. The normalized spacial score (nSPS) is 18.3. The highest BCUT2D eigenvalue weighted by atomic mass is 32.1. The summed E-state index contributed by atoms with van der Waals surface area (Å²) in [5.74, 6) is -3.55. The van der Waals surface area contributed by atoms with E-state index in [-0.39, 0.29) is 41.2 Å². The Morgan fingerprint density at radius 1 is 0.818 bits per heavy atom. The van der Waals surface area contributed by atoms with Crippen molar-refractivity contribution < 1.29 is 60.6 Å². The van der Waals surface area contributed by atoms with Gasteiger partial charge in [-0.3, -0.25) is 42.4 Å². The van der Waals surface area contributed by atoms with Crippen molar-refractivity contribution in [3.05, 3.63) is 89.3 Å². The van der Waals surface area contributed by atoms with Gasteiger partial charge in [0.05, 0.1) is 15.7 Å². The van der Waals surface area contributed by atoms with Crippen LogP contribution >= 0.6 is 18.9 Å². The van der Waals surface area contributed by atoms with Crippen molar-refractivity contribution in [2.45, 2.75) is 91.5 Å². The first kappa shape index (κ1) is 49.9. The van der Waals surface area contributed by atoms with E-state index in [1.165, 1.54) is 75.3 Å². The van der Waals surface area contributed by atoms with E-state index in [0.717, 1.165) is 34.6 Å². The average Bonchev–Trinajstić information content (AvgIpc) is 3.90. The molecular formula is C47H55F2N4O11PS. The molecule has 1 aromatic heterocycles. The first-order valence-electron chi connectivity index (χ1n) is 21.4. The second kappa shape index (κ2) is 19.7. The molecule has 0 saturated carbocycles. The van der Waals surface area contributed by atoms with E-state index >= 15 is 8.78 Å². The molecule has 354 valence electrons. The number of esters is 2. The van der Waals surface area contributed by atoms with E-state index in [1.807, 2.05) is 54.6 Å². The molecule has 2 aliphatic rings. The van der Waals surface area contributed by atoms with Crippen LogP contribution in [0.15, 0.2) is 78.9 Å². The van der Waals surface area contributed by atoms with Crippen LogP contribution < -0.4 is 10.2 Å². The highest BCUT2D eigenvalue weighted by molar-refractivity contribution is 7.54. The summed E-state index contributed by atoms with van der Waals surface area (Å²) in [5, 5.41) is 2.89. The van der Waals surface area contributed by atoms with Gasteiger partial charge in [0.2, 0.25) is 31.3 Å². The average molecular weight is 953 g/mol. The van der Waals surface area contributed by atoms with E-state index < -0.39 is 79.1 Å². The Balaban J connectivity index is 1.22. The number of thiophene rings is 1. The van der Waals surface area contributed by atoms with Crippen LogP contribution in [0.1, 0.15) is 83.0 Å². The van der Waals surface area contributed by atoms with Crippen molar-refractivity contribution in [2.75, 3.05) is 38.6 Å². The van der Waals surface area contributed by atoms with Crippen LogP contribution in [-0.2, 0) is 52.7 Å². The van der Waals surface area contributed by atoms with Crippen molar-refractivity contribution in [2.24, 2.45) is 10.8 Å². The third kappa shape index (κ3) is 11.0. The maximum atomic E-state index is 16.4. The molecule has 0 radical (unpaired) electrons. The number of carbonyl (C=O) groups excluding carboxylic acids is 6. The first-order chi connectivity index (χ1) is 30.9. The quantitative estimate of drug-likeness (QED) is 0.0775. The minimum atomic E-state index is -5.63. The monoisotopic (exact) mass is 952 g/mol. The smallest absolute Gasteiger partial charge is 0.410 e. The number of rotatable bonds is 13. The topological polar surface area (TPSA) is 178 Å². The summed E-state index contributed by atoms with van der Waals surface area (Å²) in [6.45, 7) is 8.22. The molecule has 3 atom stereocenters. The molecule has 2 fully saturated rings. The van der Waals surface area contributed by atoms with Crippen molar-refractivity contribution in [3.8, 4) is 11.1 Å². The Bertz CT molecular complexity index is 2490. The number of benzene rings is 3. The molecule has 1 unspecified atom stereocenters. The molecule has 1 N–H and O–H groups in total. The lowest BCUT2D eigenvalue weighted by Crippen LogP contribution is -2.61. The van der Waals surface area contributed by atoms with E-state index in [2.05, 4.69) is 5.32 Å². The van der Waals surface area contributed by atoms with Crippen LogP contribution in [0.2, 0.25) is 0 Å². The number of ether oxygens (including phenoxy) is 2. The van der Waals surface area contributed by atoms with E-state index in [0.29, 0.717) is 29.6 Å². The van der Waals surface area contributed by atoms with Crippen LogP contribution in [0.5, 0.6) is 0 Å². The molecule has 4 aromatic rings. The molecular weight excluding hydrogens is 898 g/mol. The lowest BCUT2D eigenvalue weighted by molar-refractivity contribution is -0.163. The van der Waals surface area contributed by atoms with Gasteiger partial charge >= 0.3 is 25.2 Å². The number of carbonyl (C=O) groups is 6. The van der Waals surface area contributed by atoms with Gasteiger partial charge in [-0.05, 0) is 108 Å². The zero-order valence-corrected chi connectivity index (χ0v) is 39.8. The SMILES string of the molecule is CC(=O)N1CC[C@H]2CC[C@@H](C(=O)N(C)c3ccc(-c4ccccc4)cc3)N2C(=O)C(NC(=O)c2cc3cc(C(F)(F)P(=O)(OCOC(=O)C(C)(C)C)OCOC(=O)C(C)(C)C)ccc3s2)C1. The number of anilines is 1. The van der Waals surface area contributed by atoms with Gasteiger partial charge in [-0.2, -0.15) is 8.78 Å². The molecule has 0 aliphatic carbocycles. The number of amides is 4. The van der Waals surface area contributed by atoms with Crippen LogP contribution in [0, 0.1) is 10.8 Å². The zero-order valence-electron chi connectivity index (χ0n) is 38.1. The first-order valence-corrected chi connectivity index (χ1v) is 23.7. The molecule has 6 rings (SSSR count). The molecule has 0 spiro atoms.